The second-order valence-corrected chi connectivity index (χ2v) is 6.67. The monoisotopic (exact) mass is 335 g/mol. The van der Waals surface area contributed by atoms with Gasteiger partial charge in [0.25, 0.3) is 0 Å². The van der Waals surface area contributed by atoms with Crippen molar-refractivity contribution in [3.8, 4) is 0 Å². The molecule has 0 aromatic carbocycles. The molecule has 1 aromatic heterocycles. The molecule has 2 N–H and O–H groups in total. The summed E-state index contributed by atoms with van der Waals surface area (Å²) in [6, 6.07) is 1.84. The highest BCUT2D eigenvalue weighted by Gasteiger charge is 2.22. The summed E-state index contributed by atoms with van der Waals surface area (Å²) in [7, 11) is 0. The van der Waals surface area contributed by atoms with Crippen LogP contribution in [0.5, 0.6) is 0 Å². The minimum atomic E-state index is -0.264. The molecule has 6 heteroatoms. The van der Waals surface area contributed by atoms with Crippen molar-refractivity contribution in [3.05, 3.63) is 23.2 Å². The van der Waals surface area contributed by atoms with E-state index in [4.69, 9.17) is 4.42 Å². The van der Waals surface area contributed by atoms with Gasteiger partial charge in [-0.1, -0.05) is 0 Å². The van der Waals surface area contributed by atoms with E-state index in [1.807, 2.05) is 31.7 Å². The molecule has 24 heavy (non-hydrogen) atoms. The SMILES string of the molecule is Cc1cc([C@H](C)NC(=O)NCCC(=O)N2CCCC[C@H]2C)c(C)o1. The standard InChI is InChI=1S/C18H29N3O3/c1-12-7-5-6-10-21(12)17(22)8-9-19-18(23)20-14(3)16-11-13(2)24-15(16)4/h11-12,14H,5-10H2,1-4H3,(H2,19,20,23)/t12-,14+/m1/s1. The second kappa shape index (κ2) is 8.22. The first-order chi connectivity index (χ1) is 11.4. The number of nitrogens with zero attached hydrogens (tertiary/aromatic N) is 1. The van der Waals surface area contributed by atoms with E-state index >= 15 is 0 Å². The van der Waals surface area contributed by atoms with Crippen LogP contribution in [0.1, 0.15) is 62.7 Å². The molecule has 0 saturated carbocycles. The molecule has 6 nitrogen and oxygen atoms in total. The van der Waals surface area contributed by atoms with Gasteiger partial charge in [0.2, 0.25) is 5.91 Å². The normalized spacial score (nSPS) is 19.0. The fourth-order valence-corrected chi connectivity index (χ4v) is 3.30. The Kier molecular flexibility index (Phi) is 6.29. The van der Waals surface area contributed by atoms with E-state index in [2.05, 4.69) is 17.6 Å². The highest BCUT2D eigenvalue weighted by molar-refractivity contribution is 5.78. The van der Waals surface area contributed by atoms with E-state index in [0.717, 1.165) is 36.5 Å². The lowest BCUT2D eigenvalue weighted by atomic mass is 10.0. The quantitative estimate of drug-likeness (QED) is 0.868. The molecule has 1 aliphatic heterocycles. The second-order valence-electron chi connectivity index (χ2n) is 6.67. The van der Waals surface area contributed by atoms with Crippen molar-refractivity contribution >= 4 is 11.9 Å². The Morgan fingerprint density at radius 2 is 2.12 bits per heavy atom. The zero-order chi connectivity index (χ0) is 17.7. The average Bonchev–Trinajstić information content (AvgIpc) is 2.86. The lowest BCUT2D eigenvalue weighted by molar-refractivity contribution is -0.134. The van der Waals surface area contributed by atoms with Crippen molar-refractivity contribution in [1.82, 2.24) is 15.5 Å². The van der Waals surface area contributed by atoms with E-state index in [9.17, 15) is 9.59 Å². The molecular weight excluding hydrogens is 306 g/mol. The summed E-state index contributed by atoms with van der Waals surface area (Å²) in [5.74, 6) is 1.77. The third kappa shape index (κ3) is 4.76. The van der Waals surface area contributed by atoms with Crippen molar-refractivity contribution < 1.29 is 14.0 Å². The van der Waals surface area contributed by atoms with Gasteiger partial charge in [0, 0.05) is 31.1 Å². The van der Waals surface area contributed by atoms with E-state index < -0.39 is 0 Å². The molecule has 2 atom stereocenters. The number of likely N-dealkylation sites (tertiary alicyclic amines) is 1. The molecule has 134 valence electrons. The van der Waals surface area contributed by atoms with Crippen LogP contribution in [0.15, 0.2) is 10.5 Å². The van der Waals surface area contributed by atoms with Gasteiger partial charge < -0.3 is 20.0 Å². The maximum atomic E-state index is 12.2. The van der Waals surface area contributed by atoms with Gasteiger partial charge in [-0.3, -0.25) is 4.79 Å². The molecular formula is C18H29N3O3. The largest absolute Gasteiger partial charge is 0.466 e. The third-order valence-electron chi connectivity index (χ3n) is 4.64. The Morgan fingerprint density at radius 1 is 1.38 bits per heavy atom. The van der Waals surface area contributed by atoms with Crippen LogP contribution < -0.4 is 10.6 Å². The number of hydrogen-bond acceptors (Lipinski definition) is 3. The Bertz CT molecular complexity index is 582. The lowest BCUT2D eigenvalue weighted by Crippen LogP contribution is -2.44. The summed E-state index contributed by atoms with van der Waals surface area (Å²) in [6.07, 6.45) is 3.68. The number of nitrogens with one attached hydrogen (secondary N) is 2. The summed E-state index contributed by atoms with van der Waals surface area (Å²) < 4.78 is 5.49. The number of rotatable bonds is 5. The number of aryl methyl sites for hydroxylation is 2. The van der Waals surface area contributed by atoms with Crippen LogP contribution in [0, 0.1) is 13.8 Å². The minimum absolute atomic E-state index is 0.122. The van der Waals surface area contributed by atoms with Crippen LogP contribution in [0.3, 0.4) is 0 Å². The van der Waals surface area contributed by atoms with Gasteiger partial charge in [-0.15, -0.1) is 0 Å². The Balaban J connectivity index is 1.73. The highest BCUT2D eigenvalue weighted by Crippen LogP contribution is 2.21. The van der Waals surface area contributed by atoms with Gasteiger partial charge in [-0.05, 0) is 53.0 Å². The summed E-state index contributed by atoms with van der Waals surface area (Å²) in [6.45, 7) is 8.96. The summed E-state index contributed by atoms with van der Waals surface area (Å²) in [4.78, 5) is 26.1. The van der Waals surface area contributed by atoms with Crippen LogP contribution in [0.4, 0.5) is 4.79 Å². The zero-order valence-corrected chi connectivity index (χ0v) is 15.1. The van der Waals surface area contributed by atoms with E-state index in [1.165, 1.54) is 6.42 Å². The summed E-state index contributed by atoms with van der Waals surface area (Å²) in [5.41, 5.74) is 0.973. The molecule has 2 heterocycles. The van der Waals surface area contributed by atoms with Crippen LogP contribution in [0.2, 0.25) is 0 Å². The first-order valence-electron chi connectivity index (χ1n) is 8.79. The Labute approximate surface area is 144 Å². The fraction of sp³-hybridized carbons (Fsp3) is 0.667. The molecule has 0 unspecified atom stereocenters. The first-order valence-corrected chi connectivity index (χ1v) is 8.79. The maximum Gasteiger partial charge on any atom is 0.315 e. The number of urea groups is 1. The predicted octanol–water partition coefficient (Wildman–Crippen LogP) is 3.05. The lowest BCUT2D eigenvalue weighted by Gasteiger charge is -2.33. The summed E-state index contributed by atoms with van der Waals surface area (Å²) >= 11 is 0. The van der Waals surface area contributed by atoms with Crippen LogP contribution in [-0.4, -0.2) is 36.0 Å². The molecule has 1 saturated heterocycles. The average molecular weight is 335 g/mol. The van der Waals surface area contributed by atoms with Crippen molar-refractivity contribution in [2.45, 2.75) is 65.5 Å². The van der Waals surface area contributed by atoms with Gasteiger partial charge in [-0.2, -0.15) is 0 Å². The molecule has 1 fully saturated rings. The number of amides is 3. The van der Waals surface area contributed by atoms with Crippen molar-refractivity contribution in [2.24, 2.45) is 0 Å². The summed E-state index contributed by atoms with van der Waals surface area (Å²) in [5, 5.41) is 5.64. The molecule has 0 bridgehead atoms. The number of hydrogen-bond donors (Lipinski definition) is 2. The molecule has 0 aliphatic carbocycles. The molecule has 0 spiro atoms. The van der Waals surface area contributed by atoms with Crippen molar-refractivity contribution in [1.29, 1.82) is 0 Å². The molecule has 3 amide bonds. The Hall–Kier alpha value is -1.98. The maximum absolute atomic E-state index is 12.2. The number of furan rings is 1. The van der Waals surface area contributed by atoms with Gasteiger partial charge in [0.05, 0.1) is 6.04 Å². The van der Waals surface area contributed by atoms with E-state index in [0.29, 0.717) is 19.0 Å². The minimum Gasteiger partial charge on any atom is -0.466 e. The van der Waals surface area contributed by atoms with Gasteiger partial charge in [-0.25, -0.2) is 4.79 Å². The van der Waals surface area contributed by atoms with Crippen LogP contribution >= 0.6 is 0 Å². The zero-order valence-electron chi connectivity index (χ0n) is 15.1. The van der Waals surface area contributed by atoms with Crippen molar-refractivity contribution in [3.63, 3.8) is 0 Å². The van der Waals surface area contributed by atoms with Crippen molar-refractivity contribution in [2.75, 3.05) is 13.1 Å². The molecule has 0 radical (unpaired) electrons. The van der Waals surface area contributed by atoms with Gasteiger partial charge in [0.15, 0.2) is 0 Å². The Morgan fingerprint density at radius 3 is 2.75 bits per heavy atom. The van der Waals surface area contributed by atoms with Gasteiger partial charge >= 0.3 is 6.03 Å². The molecule has 2 rings (SSSR count). The molecule has 1 aliphatic rings. The number of carbonyl (C=O) groups excluding carboxylic acids is 2. The predicted molar refractivity (Wildman–Crippen MR) is 92.8 cm³/mol. The smallest absolute Gasteiger partial charge is 0.315 e. The molecule has 1 aromatic rings. The van der Waals surface area contributed by atoms with E-state index in [1.54, 1.807) is 0 Å². The highest BCUT2D eigenvalue weighted by atomic mass is 16.3. The number of piperidine rings is 1. The van der Waals surface area contributed by atoms with Gasteiger partial charge in [0.1, 0.15) is 11.5 Å². The number of carbonyl (C=O) groups is 2. The van der Waals surface area contributed by atoms with E-state index in [-0.39, 0.29) is 18.0 Å². The topological polar surface area (TPSA) is 74.6 Å². The fourth-order valence-electron chi connectivity index (χ4n) is 3.30. The van der Waals surface area contributed by atoms with Crippen LogP contribution in [0.25, 0.3) is 0 Å². The van der Waals surface area contributed by atoms with Crippen LogP contribution in [-0.2, 0) is 4.79 Å². The first kappa shape index (κ1) is 18.4. The third-order valence-corrected chi connectivity index (χ3v) is 4.64.